The monoisotopic (exact) mass is 225 g/mol. The summed E-state index contributed by atoms with van der Waals surface area (Å²) in [7, 11) is 2.01. The standard InChI is InChI=1S/C14H24FN/c1-8(2)10-5-9(3)11(10)12-13(15)6-14(12,7-13)16-4/h8-12,16H,5-7H2,1-4H3. The zero-order valence-corrected chi connectivity index (χ0v) is 10.9. The molecule has 0 radical (unpaired) electrons. The fraction of sp³-hybridized carbons (Fsp3) is 1.00. The van der Waals surface area contributed by atoms with E-state index in [4.69, 9.17) is 0 Å². The number of halogens is 1. The average molecular weight is 225 g/mol. The molecule has 0 aromatic heterocycles. The molecule has 4 rings (SSSR count). The second-order valence-corrected chi connectivity index (χ2v) is 6.97. The Morgan fingerprint density at radius 1 is 1.31 bits per heavy atom. The van der Waals surface area contributed by atoms with Crippen molar-refractivity contribution in [3.05, 3.63) is 0 Å². The van der Waals surface area contributed by atoms with Gasteiger partial charge in [-0.25, -0.2) is 4.39 Å². The second-order valence-electron chi connectivity index (χ2n) is 6.97. The lowest BCUT2D eigenvalue weighted by molar-refractivity contribution is -0.285. The molecule has 1 nitrogen and oxygen atoms in total. The van der Waals surface area contributed by atoms with Gasteiger partial charge in [-0.3, -0.25) is 0 Å². The van der Waals surface area contributed by atoms with E-state index in [2.05, 4.69) is 26.1 Å². The molecule has 0 aliphatic heterocycles. The highest BCUT2D eigenvalue weighted by Gasteiger charge is 2.79. The molecule has 0 saturated heterocycles. The highest BCUT2D eigenvalue weighted by molar-refractivity contribution is 5.32. The lowest BCUT2D eigenvalue weighted by Gasteiger charge is -2.76. The number of hydrogen-bond acceptors (Lipinski definition) is 1. The molecule has 0 aromatic rings. The van der Waals surface area contributed by atoms with Crippen molar-refractivity contribution < 1.29 is 4.39 Å². The van der Waals surface area contributed by atoms with Gasteiger partial charge in [-0.05, 0) is 37.1 Å². The summed E-state index contributed by atoms with van der Waals surface area (Å²) in [6.07, 6.45) is 2.86. The summed E-state index contributed by atoms with van der Waals surface area (Å²) in [4.78, 5) is 0. The highest BCUT2D eigenvalue weighted by atomic mass is 19.1. The van der Waals surface area contributed by atoms with Gasteiger partial charge >= 0.3 is 0 Å². The molecule has 1 N–H and O–H groups in total. The Hall–Kier alpha value is -0.110. The van der Waals surface area contributed by atoms with Crippen LogP contribution < -0.4 is 5.32 Å². The molecule has 0 aromatic carbocycles. The van der Waals surface area contributed by atoms with Gasteiger partial charge in [0.05, 0.1) is 0 Å². The quantitative estimate of drug-likeness (QED) is 0.778. The van der Waals surface area contributed by atoms with Crippen molar-refractivity contribution in [2.45, 2.75) is 51.2 Å². The van der Waals surface area contributed by atoms with E-state index in [-0.39, 0.29) is 5.54 Å². The minimum atomic E-state index is -0.796. The van der Waals surface area contributed by atoms with Crippen LogP contribution in [0.15, 0.2) is 0 Å². The van der Waals surface area contributed by atoms with E-state index in [1.165, 1.54) is 6.42 Å². The first-order valence-corrected chi connectivity index (χ1v) is 6.81. The smallest absolute Gasteiger partial charge is 0.119 e. The summed E-state index contributed by atoms with van der Waals surface area (Å²) in [6.45, 7) is 6.91. The van der Waals surface area contributed by atoms with E-state index in [1.54, 1.807) is 0 Å². The van der Waals surface area contributed by atoms with Crippen molar-refractivity contribution in [3.8, 4) is 0 Å². The Morgan fingerprint density at radius 2 is 1.94 bits per heavy atom. The fourth-order valence-corrected chi connectivity index (χ4v) is 4.98. The Kier molecular flexibility index (Phi) is 2.07. The van der Waals surface area contributed by atoms with Crippen molar-refractivity contribution in [3.63, 3.8) is 0 Å². The van der Waals surface area contributed by atoms with Gasteiger partial charge in [-0.2, -0.15) is 0 Å². The van der Waals surface area contributed by atoms with Crippen molar-refractivity contribution >= 4 is 0 Å². The van der Waals surface area contributed by atoms with Gasteiger partial charge in [0.1, 0.15) is 5.67 Å². The lowest BCUT2D eigenvalue weighted by Crippen LogP contribution is -2.85. The number of hydrogen-bond donors (Lipinski definition) is 1. The molecular formula is C14H24FN. The molecule has 2 bridgehead atoms. The first kappa shape index (κ1) is 11.0. The van der Waals surface area contributed by atoms with Crippen molar-refractivity contribution in [1.29, 1.82) is 0 Å². The Morgan fingerprint density at radius 3 is 2.31 bits per heavy atom. The molecule has 0 amide bonds. The maximum Gasteiger partial charge on any atom is 0.119 e. The first-order chi connectivity index (χ1) is 7.43. The first-order valence-electron chi connectivity index (χ1n) is 6.81. The summed E-state index contributed by atoms with van der Waals surface area (Å²) in [5, 5.41) is 3.41. The molecule has 4 fully saturated rings. The molecule has 4 aliphatic rings. The molecule has 2 heteroatoms. The third kappa shape index (κ3) is 1.05. The maximum atomic E-state index is 14.4. The molecule has 4 aliphatic carbocycles. The molecule has 4 unspecified atom stereocenters. The highest BCUT2D eigenvalue weighted by Crippen LogP contribution is 2.73. The largest absolute Gasteiger partial charge is 0.314 e. The summed E-state index contributed by atoms with van der Waals surface area (Å²) in [5.41, 5.74) is -0.614. The van der Waals surface area contributed by atoms with E-state index in [9.17, 15) is 4.39 Å². The van der Waals surface area contributed by atoms with Crippen LogP contribution in [0.3, 0.4) is 0 Å². The fourth-order valence-electron chi connectivity index (χ4n) is 4.98. The van der Waals surface area contributed by atoms with Gasteiger partial charge in [0, 0.05) is 24.3 Å². The van der Waals surface area contributed by atoms with Crippen LogP contribution in [0.2, 0.25) is 0 Å². The molecule has 4 saturated carbocycles. The molecule has 0 heterocycles. The molecule has 0 spiro atoms. The van der Waals surface area contributed by atoms with Crippen LogP contribution in [0.5, 0.6) is 0 Å². The molecule has 92 valence electrons. The van der Waals surface area contributed by atoms with Gasteiger partial charge < -0.3 is 5.32 Å². The SMILES string of the molecule is CNC12CC(F)(C1)C2C1C(C)CC1C(C)C. The van der Waals surface area contributed by atoms with Crippen LogP contribution in [0.1, 0.15) is 40.0 Å². The van der Waals surface area contributed by atoms with Crippen LogP contribution in [-0.2, 0) is 0 Å². The zero-order chi connectivity index (χ0) is 11.7. The summed E-state index contributed by atoms with van der Waals surface area (Å²) in [6, 6.07) is 0. The number of nitrogens with one attached hydrogen (secondary N) is 1. The Labute approximate surface area is 98.2 Å². The van der Waals surface area contributed by atoms with Gasteiger partial charge in [0.2, 0.25) is 0 Å². The number of rotatable bonds is 3. The topological polar surface area (TPSA) is 12.0 Å². The normalized spacial score (nSPS) is 58.9. The van der Waals surface area contributed by atoms with Crippen LogP contribution in [0, 0.1) is 29.6 Å². The third-order valence-electron chi connectivity index (χ3n) is 5.91. The van der Waals surface area contributed by atoms with Gasteiger partial charge in [-0.1, -0.05) is 20.8 Å². The summed E-state index contributed by atoms with van der Waals surface area (Å²) >= 11 is 0. The van der Waals surface area contributed by atoms with Gasteiger partial charge in [0.25, 0.3) is 0 Å². The molecule has 16 heavy (non-hydrogen) atoms. The Bertz CT molecular complexity index is 306. The van der Waals surface area contributed by atoms with E-state index in [1.807, 2.05) is 7.05 Å². The van der Waals surface area contributed by atoms with Gasteiger partial charge in [-0.15, -0.1) is 0 Å². The van der Waals surface area contributed by atoms with Crippen molar-refractivity contribution in [1.82, 2.24) is 5.32 Å². The van der Waals surface area contributed by atoms with Gasteiger partial charge in [0.15, 0.2) is 0 Å². The molecule has 4 atom stereocenters. The third-order valence-corrected chi connectivity index (χ3v) is 5.91. The lowest BCUT2D eigenvalue weighted by atomic mass is 9.33. The number of alkyl halides is 1. The minimum Gasteiger partial charge on any atom is -0.314 e. The van der Waals surface area contributed by atoms with Crippen LogP contribution in [0.25, 0.3) is 0 Å². The average Bonchev–Trinajstić information content (AvgIpc) is 2.18. The molecular weight excluding hydrogens is 201 g/mol. The van der Waals surface area contributed by atoms with E-state index in [0.29, 0.717) is 11.8 Å². The van der Waals surface area contributed by atoms with Crippen molar-refractivity contribution in [2.24, 2.45) is 29.6 Å². The van der Waals surface area contributed by atoms with E-state index >= 15 is 0 Å². The van der Waals surface area contributed by atoms with Crippen LogP contribution in [0.4, 0.5) is 4.39 Å². The Balaban J connectivity index is 1.78. The summed E-state index contributed by atoms with van der Waals surface area (Å²) in [5.74, 6) is 3.18. The summed E-state index contributed by atoms with van der Waals surface area (Å²) < 4.78 is 14.4. The second kappa shape index (κ2) is 3.01. The predicted octanol–water partition coefficient (Wildman–Crippen LogP) is 3.00. The van der Waals surface area contributed by atoms with E-state index < -0.39 is 5.67 Å². The zero-order valence-electron chi connectivity index (χ0n) is 10.9. The van der Waals surface area contributed by atoms with E-state index in [0.717, 1.165) is 30.6 Å². The van der Waals surface area contributed by atoms with Crippen LogP contribution in [-0.4, -0.2) is 18.3 Å². The minimum absolute atomic E-state index is 0.182. The maximum absolute atomic E-state index is 14.4. The van der Waals surface area contributed by atoms with Crippen molar-refractivity contribution in [2.75, 3.05) is 7.05 Å². The predicted molar refractivity (Wildman–Crippen MR) is 64.0 cm³/mol. The van der Waals surface area contributed by atoms with Crippen LogP contribution >= 0.6 is 0 Å².